The molecule has 1 fully saturated rings. The van der Waals surface area contributed by atoms with Gasteiger partial charge < -0.3 is 4.90 Å². The van der Waals surface area contributed by atoms with Gasteiger partial charge in [-0.1, -0.05) is 19.9 Å². The van der Waals surface area contributed by atoms with E-state index in [-0.39, 0.29) is 10.8 Å². The number of rotatable bonds is 3. The lowest BCUT2D eigenvalue weighted by atomic mass is 9.97. The Kier molecular flexibility index (Phi) is 4.68. The van der Waals surface area contributed by atoms with E-state index in [9.17, 15) is 13.2 Å². The standard InChI is InChI=1S/C15H22N2O3S/c1-3-12-4-5-13(21(16,19)20)10-14(12)15(18)17-8-6-11(2)7-9-17/h4-5,10-11H,3,6-9H2,1-2H3,(H2,16,19,20). The van der Waals surface area contributed by atoms with Crippen LogP contribution in [0.1, 0.15) is 42.6 Å². The molecule has 1 saturated heterocycles. The van der Waals surface area contributed by atoms with Crippen LogP contribution in [0.2, 0.25) is 0 Å². The number of benzene rings is 1. The van der Waals surface area contributed by atoms with Gasteiger partial charge in [-0.3, -0.25) is 4.79 Å². The Hall–Kier alpha value is -1.40. The fraction of sp³-hybridized carbons (Fsp3) is 0.533. The molecule has 0 saturated carbocycles. The Morgan fingerprint density at radius 3 is 2.48 bits per heavy atom. The van der Waals surface area contributed by atoms with Crippen LogP contribution in [0.4, 0.5) is 0 Å². The summed E-state index contributed by atoms with van der Waals surface area (Å²) in [7, 11) is -3.79. The Morgan fingerprint density at radius 2 is 1.95 bits per heavy atom. The first-order valence-corrected chi connectivity index (χ1v) is 8.82. The van der Waals surface area contributed by atoms with Crippen LogP contribution in [0.5, 0.6) is 0 Å². The summed E-state index contributed by atoms with van der Waals surface area (Å²) >= 11 is 0. The Morgan fingerprint density at radius 1 is 1.33 bits per heavy atom. The largest absolute Gasteiger partial charge is 0.339 e. The predicted molar refractivity (Wildman–Crippen MR) is 81.5 cm³/mol. The normalized spacial score (nSPS) is 17.0. The minimum atomic E-state index is -3.79. The number of hydrogen-bond donors (Lipinski definition) is 1. The van der Waals surface area contributed by atoms with E-state index in [1.807, 2.05) is 6.92 Å². The minimum Gasteiger partial charge on any atom is -0.339 e. The maximum Gasteiger partial charge on any atom is 0.254 e. The van der Waals surface area contributed by atoms with Crippen molar-refractivity contribution in [3.05, 3.63) is 29.3 Å². The number of primary sulfonamides is 1. The highest BCUT2D eigenvalue weighted by Crippen LogP contribution is 2.22. The minimum absolute atomic E-state index is 0.00609. The molecule has 0 spiro atoms. The lowest BCUT2D eigenvalue weighted by molar-refractivity contribution is 0.0696. The molecule has 2 rings (SSSR count). The van der Waals surface area contributed by atoms with Gasteiger partial charge in [0, 0.05) is 18.7 Å². The lowest BCUT2D eigenvalue weighted by Crippen LogP contribution is -2.38. The number of piperidine rings is 1. The van der Waals surface area contributed by atoms with Gasteiger partial charge in [-0.25, -0.2) is 13.6 Å². The number of carbonyl (C=O) groups is 1. The molecule has 1 aromatic rings. The van der Waals surface area contributed by atoms with Gasteiger partial charge in [-0.15, -0.1) is 0 Å². The number of nitrogens with two attached hydrogens (primary N) is 1. The second kappa shape index (κ2) is 6.15. The Labute approximate surface area is 126 Å². The Bertz CT molecular complexity index is 632. The quantitative estimate of drug-likeness (QED) is 0.924. The van der Waals surface area contributed by atoms with Crippen LogP contribution in [0.25, 0.3) is 0 Å². The van der Waals surface area contributed by atoms with Crippen molar-refractivity contribution in [3.63, 3.8) is 0 Å². The van der Waals surface area contributed by atoms with Crippen molar-refractivity contribution in [2.45, 2.75) is 38.0 Å². The zero-order valence-corrected chi connectivity index (χ0v) is 13.3. The summed E-state index contributed by atoms with van der Waals surface area (Å²) in [6.07, 6.45) is 2.65. The first-order chi connectivity index (χ1) is 9.82. The average Bonchev–Trinajstić information content (AvgIpc) is 2.45. The van der Waals surface area contributed by atoms with E-state index in [2.05, 4.69) is 6.92 Å². The molecular weight excluding hydrogens is 288 g/mol. The predicted octanol–water partition coefficient (Wildman–Crippen LogP) is 1.77. The molecule has 1 aliphatic heterocycles. The molecule has 5 nitrogen and oxygen atoms in total. The first-order valence-electron chi connectivity index (χ1n) is 7.28. The van der Waals surface area contributed by atoms with Crippen molar-refractivity contribution in [1.29, 1.82) is 0 Å². The number of hydrogen-bond acceptors (Lipinski definition) is 3. The van der Waals surface area contributed by atoms with E-state index >= 15 is 0 Å². The van der Waals surface area contributed by atoms with Gasteiger partial charge in [0.1, 0.15) is 0 Å². The van der Waals surface area contributed by atoms with E-state index in [0.29, 0.717) is 17.9 Å². The molecule has 21 heavy (non-hydrogen) atoms. The molecule has 0 aliphatic carbocycles. The van der Waals surface area contributed by atoms with Gasteiger partial charge in [-0.05, 0) is 42.9 Å². The molecule has 0 atom stereocenters. The van der Waals surface area contributed by atoms with Crippen LogP contribution in [-0.4, -0.2) is 32.3 Å². The fourth-order valence-corrected chi connectivity index (χ4v) is 3.16. The maximum absolute atomic E-state index is 12.7. The van der Waals surface area contributed by atoms with Crippen molar-refractivity contribution in [1.82, 2.24) is 4.90 Å². The topological polar surface area (TPSA) is 80.5 Å². The molecule has 1 aromatic carbocycles. The highest BCUT2D eigenvalue weighted by atomic mass is 32.2. The van der Waals surface area contributed by atoms with Crippen LogP contribution in [0.15, 0.2) is 23.1 Å². The second-order valence-electron chi connectivity index (χ2n) is 5.69. The third-order valence-electron chi connectivity index (χ3n) is 4.09. The number of nitrogens with zero attached hydrogens (tertiary/aromatic N) is 1. The fourth-order valence-electron chi connectivity index (χ4n) is 2.62. The van der Waals surface area contributed by atoms with Crippen LogP contribution in [0, 0.1) is 5.92 Å². The van der Waals surface area contributed by atoms with E-state index in [0.717, 1.165) is 31.5 Å². The van der Waals surface area contributed by atoms with Gasteiger partial charge in [0.2, 0.25) is 10.0 Å². The summed E-state index contributed by atoms with van der Waals surface area (Å²) in [6.45, 7) is 5.58. The van der Waals surface area contributed by atoms with Crippen LogP contribution in [-0.2, 0) is 16.4 Å². The highest BCUT2D eigenvalue weighted by Gasteiger charge is 2.24. The third kappa shape index (κ3) is 3.63. The summed E-state index contributed by atoms with van der Waals surface area (Å²) in [5, 5.41) is 5.16. The summed E-state index contributed by atoms with van der Waals surface area (Å²) in [4.78, 5) is 14.5. The van der Waals surface area contributed by atoms with Crippen molar-refractivity contribution in [2.75, 3.05) is 13.1 Å². The molecule has 6 heteroatoms. The van der Waals surface area contributed by atoms with Crippen LogP contribution in [0.3, 0.4) is 0 Å². The smallest absolute Gasteiger partial charge is 0.254 e. The van der Waals surface area contributed by atoms with Gasteiger partial charge in [0.15, 0.2) is 0 Å². The number of aryl methyl sites for hydroxylation is 1. The molecule has 1 amide bonds. The average molecular weight is 310 g/mol. The van der Waals surface area contributed by atoms with Crippen molar-refractivity contribution in [3.8, 4) is 0 Å². The SMILES string of the molecule is CCc1ccc(S(N)(=O)=O)cc1C(=O)N1CCC(C)CC1. The molecule has 1 aliphatic rings. The van der Waals surface area contributed by atoms with E-state index in [1.165, 1.54) is 12.1 Å². The molecule has 0 radical (unpaired) electrons. The summed E-state index contributed by atoms with van der Waals surface area (Å²) in [5.74, 6) is 0.541. The van der Waals surface area contributed by atoms with E-state index < -0.39 is 10.0 Å². The highest BCUT2D eigenvalue weighted by molar-refractivity contribution is 7.89. The van der Waals surface area contributed by atoms with Gasteiger partial charge in [0.05, 0.1) is 4.90 Å². The zero-order valence-electron chi connectivity index (χ0n) is 12.5. The monoisotopic (exact) mass is 310 g/mol. The number of likely N-dealkylation sites (tertiary alicyclic amines) is 1. The third-order valence-corrected chi connectivity index (χ3v) is 5.00. The molecule has 0 unspecified atom stereocenters. The van der Waals surface area contributed by atoms with Crippen LogP contribution < -0.4 is 5.14 Å². The molecular formula is C15H22N2O3S. The summed E-state index contributed by atoms with van der Waals surface area (Å²) < 4.78 is 23.0. The molecule has 116 valence electrons. The van der Waals surface area contributed by atoms with E-state index in [4.69, 9.17) is 5.14 Å². The second-order valence-corrected chi connectivity index (χ2v) is 7.25. The first kappa shape index (κ1) is 16.0. The Balaban J connectivity index is 2.34. The maximum atomic E-state index is 12.7. The van der Waals surface area contributed by atoms with E-state index in [1.54, 1.807) is 11.0 Å². The van der Waals surface area contributed by atoms with Crippen molar-refractivity contribution >= 4 is 15.9 Å². The molecule has 0 aromatic heterocycles. The molecule has 2 N–H and O–H groups in total. The van der Waals surface area contributed by atoms with Crippen LogP contribution >= 0.6 is 0 Å². The number of amides is 1. The molecule has 1 heterocycles. The van der Waals surface area contributed by atoms with Crippen molar-refractivity contribution < 1.29 is 13.2 Å². The number of carbonyl (C=O) groups excluding carboxylic acids is 1. The zero-order chi connectivity index (χ0) is 15.6. The van der Waals surface area contributed by atoms with Crippen molar-refractivity contribution in [2.24, 2.45) is 11.1 Å². The van der Waals surface area contributed by atoms with Gasteiger partial charge in [-0.2, -0.15) is 0 Å². The summed E-state index contributed by atoms with van der Waals surface area (Å²) in [5.41, 5.74) is 1.31. The lowest BCUT2D eigenvalue weighted by Gasteiger charge is -2.31. The number of sulfonamides is 1. The van der Waals surface area contributed by atoms with Gasteiger partial charge >= 0.3 is 0 Å². The molecule has 0 bridgehead atoms. The summed E-state index contributed by atoms with van der Waals surface area (Å²) in [6, 6.07) is 4.55. The van der Waals surface area contributed by atoms with Gasteiger partial charge in [0.25, 0.3) is 5.91 Å².